The summed E-state index contributed by atoms with van der Waals surface area (Å²) in [6.45, 7) is 10.2. The summed E-state index contributed by atoms with van der Waals surface area (Å²) in [4.78, 5) is 11.2. The Hall–Kier alpha value is -2.59. The predicted octanol–water partition coefficient (Wildman–Crippen LogP) is 1.68. The van der Waals surface area contributed by atoms with Crippen LogP contribution in [-0.4, -0.2) is 63.9 Å². The van der Waals surface area contributed by atoms with Gasteiger partial charge in [-0.05, 0) is 38.8 Å². The van der Waals surface area contributed by atoms with E-state index in [9.17, 15) is 8.42 Å². The first-order valence-electron chi connectivity index (χ1n) is 9.70. The summed E-state index contributed by atoms with van der Waals surface area (Å²) in [7, 11) is -3.55. The quantitative estimate of drug-likeness (QED) is 0.639. The van der Waals surface area contributed by atoms with E-state index in [1.54, 1.807) is 8.99 Å². The summed E-state index contributed by atoms with van der Waals surface area (Å²) >= 11 is 0. The molecule has 2 aromatic heterocycles. The zero-order chi connectivity index (χ0) is 20.8. The van der Waals surface area contributed by atoms with Crippen molar-refractivity contribution in [3.8, 4) is 0 Å². The van der Waals surface area contributed by atoms with E-state index >= 15 is 0 Å². The van der Waals surface area contributed by atoms with E-state index in [-0.39, 0.29) is 0 Å². The van der Waals surface area contributed by atoms with E-state index < -0.39 is 10.0 Å². The number of benzene rings is 1. The second-order valence-electron chi connectivity index (χ2n) is 7.39. The van der Waals surface area contributed by atoms with Crippen LogP contribution in [-0.2, 0) is 16.6 Å². The van der Waals surface area contributed by atoms with E-state index in [0.29, 0.717) is 54.6 Å². The molecular weight excluding hydrogens is 390 g/mol. The number of aromatic nitrogens is 5. The van der Waals surface area contributed by atoms with Crippen molar-refractivity contribution in [3.05, 3.63) is 35.2 Å². The van der Waals surface area contributed by atoms with Crippen LogP contribution < -0.4 is 4.90 Å². The first-order valence-corrected chi connectivity index (χ1v) is 11.1. The number of sulfonamides is 1. The largest absolute Gasteiger partial charge is 0.352 e. The van der Waals surface area contributed by atoms with Gasteiger partial charge in [-0.15, -0.1) is 5.10 Å². The molecule has 154 valence electrons. The van der Waals surface area contributed by atoms with E-state index in [4.69, 9.17) is 0 Å². The van der Waals surface area contributed by atoms with Crippen molar-refractivity contribution in [1.29, 1.82) is 0 Å². The fraction of sp³-hybridized carbons (Fsp3) is 0.474. The number of rotatable bonds is 4. The Kier molecular flexibility index (Phi) is 4.99. The van der Waals surface area contributed by atoms with Crippen LogP contribution >= 0.6 is 0 Å². The van der Waals surface area contributed by atoms with Crippen molar-refractivity contribution in [2.75, 3.05) is 31.1 Å². The number of nitrogens with zero attached hydrogens (tertiary/aromatic N) is 7. The SMILES string of the molecule is CCn1nnc2c(N3CCN(S(=O)(=O)c4c(C)cc(C)cc4C)CC3)ncnc21. The molecule has 1 aliphatic heterocycles. The Balaban J connectivity index is 1.58. The maximum atomic E-state index is 13.3. The van der Waals surface area contributed by atoms with Crippen LogP contribution in [0.5, 0.6) is 0 Å². The standard InChI is InChI=1S/C19H25N7O2S/c1-5-26-19-16(22-23-26)18(20-12-21-19)24-6-8-25(9-7-24)29(27,28)17-14(3)10-13(2)11-15(17)4/h10-12H,5-9H2,1-4H3. The van der Waals surface area contributed by atoms with Gasteiger partial charge in [0.25, 0.3) is 0 Å². The van der Waals surface area contributed by atoms with Gasteiger partial charge < -0.3 is 4.90 Å². The first kappa shape index (κ1) is 19.7. The Morgan fingerprint density at radius 2 is 1.66 bits per heavy atom. The molecule has 10 heteroatoms. The molecule has 0 amide bonds. The van der Waals surface area contributed by atoms with Crippen molar-refractivity contribution in [3.63, 3.8) is 0 Å². The van der Waals surface area contributed by atoms with Crippen LogP contribution in [0.1, 0.15) is 23.6 Å². The van der Waals surface area contributed by atoms with Gasteiger partial charge in [-0.1, -0.05) is 22.9 Å². The van der Waals surface area contributed by atoms with Crippen LogP contribution in [0, 0.1) is 20.8 Å². The molecule has 0 radical (unpaired) electrons. The fourth-order valence-corrected chi connectivity index (χ4v) is 5.90. The number of aryl methyl sites for hydroxylation is 4. The highest BCUT2D eigenvalue weighted by Crippen LogP contribution is 2.27. The van der Waals surface area contributed by atoms with Crippen molar-refractivity contribution in [2.45, 2.75) is 39.1 Å². The summed E-state index contributed by atoms with van der Waals surface area (Å²) in [5.74, 6) is 0.703. The van der Waals surface area contributed by atoms with E-state index in [1.165, 1.54) is 6.33 Å². The normalized spacial score (nSPS) is 15.9. The molecule has 3 heterocycles. The maximum absolute atomic E-state index is 13.3. The van der Waals surface area contributed by atoms with Crippen LogP contribution in [0.15, 0.2) is 23.4 Å². The molecular formula is C19H25N7O2S. The van der Waals surface area contributed by atoms with Gasteiger partial charge in [-0.25, -0.2) is 23.1 Å². The minimum Gasteiger partial charge on any atom is -0.352 e. The molecule has 0 spiro atoms. The molecule has 0 unspecified atom stereocenters. The molecule has 9 nitrogen and oxygen atoms in total. The lowest BCUT2D eigenvalue weighted by molar-refractivity contribution is 0.383. The van der Waals surface area contributed by atoms with E-state index in [2.05, 4.69) is 25.2 Å². The molecule has 29 heavy (non-hydrogen) atoms. The summed E-state index contributed by atoms with van der Waals surface area (Å²) in [5, 5.41) is 8.35. The molecule has 4 rings (SSSR count). The van der Waals surface area contributed by atoms with Gasteiger partial charge >= 0.3 is 0 Å². The molecule has 1 fully saturated rings. The third-order valence-corrected chi connectivity index (χ3v) is 7.53. The molecule has 0 bridgehead atoms. The van der Waals surface area contributed by atoms with Gasteiger partial charge in [-0.2, -0.15) is 4.31 Å². The van der Waals surface area contributed by atoms with Crippen LogP contribution in [0.25, 0.3) is 11.2 Å². The Labute approximate surface area is 170 Å². The number of fused-ring (bicyclic) bond motifs is 1. The fourth-order valence-electron chi connectivity index (χ4n) is 4.07. The van der Waals surface area contributed by atoms with Crippen molar-refractivity contribution < 1.29 is 8.42 Å². The Morgan fingerprint density at radius 1 is 1.00 bits per heavy atom. The average Bonchev–Trinajstić information content (AvgIpc) is 3.10. The van der Waals surface area contributed by atoms with Crippen molar-refractivity contribution >= 4 is 27.0 Å². The van der Waals surface area contributed by atoms with Gasteiger partial charge in [0.2, 0.25) is 10.0 Å². The summed E-state index contributed by atoms with van der Waals surface area (Å²) in [6, 6.07) is 3.84. The Morgan fingerprint density at radius 3 is 2.28 bits per heavy atom. The van der Waals surface area contributed by atoms with Crippen molar-refractivity contribution in [1.82, 2.24) is 29.3 Å². The van der Waals surface area contributed by atoms with Gasteiger partial charge in [0.1, 0.15) is 6.33 Å². The van der Waals surface area contributed by atoms with Crippen LogP contribution in [0.2, 0.25) is 0 Å². The number of piperazine rings is 1. The third-order valence-electron chi connectivity index (χ3n) is 5.32. The van der Waals surface area contributed by atoms with Crippen LogP contribution in [0.3, 0.4) is 0 Å². The number of anilines is 1. The summed E-state index contributed by atoms with van der Waals surface area (Å²) < 4.78 is 29.9. The highest BCUT2D eigenvalue weighted by Gasteiger charge is 2.32. The monoisotopic (exact) mass is 415 g/mol. The second kappa shape index (κ2) is 7.34. The second-order valence-corrected chi connectivity index (χ2v) is 9.27. The lowest BCUT2D eigenvalue weighted by atomic mass is 10.1. The smallest absolute Gasteiger partial charge is 0.243 e. The maximum Gasteiger partial charge on any atom is 0.243 e. The minimum absolute atomic E-state index is 0.391. The van der Waals surface area contributed by atoms with Crippen LogP contribution in [0.4, 0.5) is 5.82 Å². The zero-order valence-corrected chi connectivity index (χ0v) is 17.9. The molecule has 3 aromatic rings. The topological polar surface area (TPSA) is 97.1 Å². The average molecular weight is 416 g/mol. The first-order chi connectivity index (χ1) is 13.8. The molecule has 0 N–H and O–H groups in total. The van der Waals surface area contributed by atoms with Gasteiger partial charge in [0, 0.05) is 32.7 Å². The number of hydrogen-bond acceptors (Lipinski definition) is 7. The zero-order valence-electron chi connectivity index (χ0n) is 17.1. The Bertz CT molecular complexity index is 1140. The van der Waals surface area contributed by atoms with Gasteiger partial charge in [0.15, 0.2) is 17.0 Å². The molecule has 0 aliphatic carbocycles. The van der Waals surface area contributed by atoms with Gasteiger partial charge in [-0.3, -0.25) is 0 Å². The lowest BCUT2D eigenvalue weighted by Crippen LogP contribution is -2.49. The summed E-state index contributed by atoms with van der Waals surface area (Å²) in [5.41, 5.74) is 3.99. The third kappa shape index (κ3) is 3.36. The van der Waals surface area contributed by atoms with E-state index in [1.807, 2.05) is 39.8 Å². The molecule has 1 aromatic carbocycles. The molecule has 1 aliphatic rings. The predicted molar refractivity (Wildman–Crippen MR) is 110 cm³/mol. The highest BCUT2D eigenvalue weighted by molar-refractivity contribution is 7.89. The van der Waals surface area contributed by atoms with E-state index in [0.717, 1.165) is 16.7 Å². The highest BCUT2D eigenvalue weighted by atomic mass is 32.2. The molecule has 1 saturated heterocycles. The van der Waals surface area contributed by atoms with Crippen molar-refractivity contribution in [2.24, 2.45) is 0 Å². The minimum atomic E-state index is -3.55. The lowest BCUT2D eigenvalue weighted by Gasteiger charge is -2.35. The molecule has 0 saturated carbocycles. The van der Waals surface area contributed by atoms with Gasteiger partial charge in [0.05, 0.1) is 4.90 Å². The molecule has 0 atom stereocenters. The summed E-state index contributed by atoms with van der Waals surface area (Å²) in [6.07, 6.45) is 1.51. The number of hydrogen-bond donors (Lipinski definition) is 0.